The Morgan fingerprint density at radius 3 is 2.38 bits per heavy atom. The highest BCUT2D eigenvalue weighted by Gasteiger charge is 2.72. The maximum atomic E-state index is 11.3. The molecule has 2 fully saturated rings. The molecule has 1 saturated heterocycles. The number of likely N-dealkylation sites (N-methyl/N-ethyl adjacent to an activating group) is 1. The summed E-state index contributed by atoms with van der Waals surface area (Å²) in [7, 11) is 3.74. The van der Waals surface area contributed by atoms with Crippen LogP contribution in [0.3, 0.4) is 0 Å². The minimum Gasteiger partial charge on any atom is -0.497 e. The topological polar surface area (TPSA) is 111 Å². The first kappa shape index (κ1) is 37.9. The van der Waals surface area contributed by atoms with Crippen LogP contribution in [-0.2, 0) is 10.2 Å². The van der Waals surface area contributed by atoms with Crippen molar-refractivity contribution in [2.45, 2.75) is 117 Å². The number of methoxy groups -OCH3 is 1. The van der Waals surface area contributed by atoms with E-state index in [2.05, 4.69) is 46.3 Å². The van der Waals surface area contributed by atoms with Crippen LogP contribution in [0.15, 0.2) is 30.4 Å². The molecule has 1 spiro atoms. The minimum absolute atomic E-state index is 0.110. The Bertz CT molecular complexity index is 973. The molecule has 5 rings (SSSR count). The van der Waals surface area contributed by atoms with E-state index in [0.29, 0.717) is 13.0 Å². The molecule has 5 N–H and O–H groups in total. The standard InChI is InChI=1S/C21H28N2O3.C7H16N2O.3C2H6/c1-4-20-8-5-10-23-11-9-21(19(20)23)14-7-6-13(26-3)12-15(14)22(2)17(21)16(24)18(20)25;1-2-4-7(10)9-6-3-5-8;3*1-2/h5-8,12,16-19,24-25H,4,9-11H2,1-3H3;2-6,8H2,1H3,(H,9,10);3*1-2H3/t16?,17?,18-,19?,20-,21?;;;;/m0..../s1. The van der Waals surface area contributed by atoms with E-state index in [-0.39, 0.29) is 23.4 Å². The summed E-state index contributed by atoms with van der Waals surface area (Å²) in [5.74, 6) is 0.969. The third-order valence-electron chi connectivity index (χ3n) is 8.96. The quantitative estimate of drug-likeness (QED) is 0.265. The second-order valence-electron chi connectivity index (χ2n) is 10.7. The van der Waals surface area contributed by atoms with Crippen LogP contribution >= 0.6 is 0 Å². The molecule has 1 amide bonds. The first-order valence-corrected chi connectivity index (χ1v) is 16.5. The molecule has 242 valence electrons. The summed E-state index contributed by atoms with van der Waals surface area (Å²) in [5.41, 5.74) is 7.12. The van der Waals surface area contributed by atoms with Crippen molar-refractivity contribution < 1.29 is 19.7 Å². The Morgan fingerprint density at radius 1 is 1.14 bits per heavy atom. The SMILES string of the molecule is CC.CC.CC.CCCC(=O)NCCCN.CC[C@]12C=CCN3CCC4(c5ccc(OC)cc5N(C)C4C(O)[C@@H]1O)C32. The van der Waals surface area contributed by atoms with Crippen LogP contribution in [0.25, 0.3) is 0 Å². The van der Waals surface area contributed by atoms with Gasteiger partial charge in [-0.3, -0.25) is 9.69 Å². The second kappa shape index (κ2) is 17.9. The van der Waals surface area contributed by atoms with Crippen molar-refractivity contribution in [2.75, 3.05) is 45.2 Å². The van der Waals surface area contributed by atoms with Gasteiger partial charge in [-0.2, -0.15) is 0 Å². The number of anilines is 1. The van der Waals surface area contributed by atoms with E-state index in [4.69, 9.17) is 10.5 Å². The molecule has 1 aromatic carbocycles. The highest BCUT2D eigenvalue weighted by molar-refractivity contribution is 5.75. The third-order valence-corrected chi connectivity index (χ3v) is 8.96. The van der Waals surface area contributed by atoms with Crippen molar-refractivity contribution in [1.29, 1.82) is 0 Å². The van der Waals surface area contributed by atoms with Crippen LogP contribution in [0.1, 0.15) is 93.1 Å². The molecule has 0 radical (unpaired) electrons. The van der Waals surface area contributed by atoms with Crippen LogP contribution < -0.4 is 20.7 Å². The van der Waals surface area contributed by atoms with Crippen molar-refractivity contribution >= 4 is 11.6 Å². The molecule has 1 aromatic rings. The normalized spacial score (nSPS) is 29.4. The van der Waals surface area contributed by atoms with Crippen molar-refractivity contribution in [2.24, 2.45) is 11.1 Å². The van der Waals surface area contributed by atoms with Gasteiger partial charge in [0.1, 0.15) is 11.9 Å². The second-order valence-corrected chi connectivity index (χ2v) is 10.7. The van der Waals surface area contributed by atoms with E-state index in [1.54, 1.807) is 7.11 Å². The summed E-state index contributed by atoms with van der Waals surface area (Å²) < 4.78 is 5.45. The fraction of sp³-hybridized carbons (Fsp3) is 0.735. The number of rotatable bonds is 7. The van der Waals surface area contributed by atoms with E-state index in [0.717, 1.165) is 56.8 Å². The number of hydrogen-bond acceptors (Lipinski definition) is 7. The smallest absolute Gasteiger partial charge is 0.219 e. The van der Waals surface area contributed by atoms with Gasteiger partial charge in [0.2, 0.25) is 5.91 Å². The van der Waals surface area contributed by atoms with Gasteiger partial charge in [0, 0.05) is 55.2 Å². The number of aliphatic hydroxyl groups is 2. The molecule has 4 unspecified atom stereocenters. The van der Waals surface area contributed by atoms with Crippen molar-refractivity contribution in [3.05, 3.63) is 35.9 Å². The molecule has 0 aromatic heterocycles. The van der Waals surface area contributed by atoms with Gasteiger partial charge in [0.05, 0.1) is 19.3 Å². The number of fused-ring (bicyclic) bond motifs is 1. The molecule has 4 aliphatic rings. The van der Waals surface area contributed by atoms with Crippen molar-refractivity contribution in [1.82, 2.24) is 10.2 Å². The predicted octanol–water partition coefficient (Wildman–Crippen LogP) is 4.86. The number of amides is 1. The Morgan fingerprint density at radius 2 is 1.81 bits per heavy atom. The van der Waals surface area contributed by atoms with E-state index in [1.165, 1.54) is 5.56 Å². The van der Waals surface area contributed by atoms with Gasteiger partial charge in [-0.15, -0.1) is 0 Å². The van der Waals surface area contributed by atoms with Crippen molar-refractivity contribution in [3.8, 4) is 5.75 Å². The zero-order valence-corrected chi connectivity index (χ0v) is 28.2. The van der Waals surface area contributed by atoms with Gasteiger partial charge in [-0.05, 0) is 50.4 Å². The van der Waals surface area contributed by atoms with Gasteiger partial charge >= 0.3 is 0 Å². The highest BCUT2D eigenvalue weighted by atomic mass is 16.5. The van der Waals surface area contributed by atoms with Gasteiger partial charge in [-0.25, -0.2) is 0 Å². The molecule has 3 aliphatic heterocycles. The van der Waals surface area contributed by atoms with E-state index >= 15 is 0 Å². The van der Waals surface area contributed by atoms with E-state index in [1.807, 2.05) is 61.6 Å². The largest absolute Gasteiger partial charge is 0.497 e. The Labute approximate surface area is 256 Å². The first-order valence-electron chi connectivity index (χ1n) is 16.5. The molecule has 0 bridgehead atoms. The Hall–Kier alpha value is -2.13. The molecular weight excluding hydrogens is 528 g/mol. The van der Waals surface area contributed by atoms with E-state index in [9.17, 15) is 15.0 Å². The average molecular weight is 591 g/mol. The number of carbonyl (C=O) groups excluding carboxylic acids is 1. The minimum atomic E-state index is -0.780. The summed E-state index contributed by atoms with van der Waals surface area (Å²) in [6.45, 7) is 19.4. The number of benzene rings is 1. The van der Waals surface area contributed by atoms with E-state index < -0.39 is 17.6 Å². The Balaban J connectivity index is 0.000000469. The van der Waals surface area contributed by atoms with Crippen LogP contribution in [-0.4, -0.2) is 85.6 Å². The number of nitrogens with two attached hydrogens (primary N) is 1. The molecule has 6 atom stereocenters. The number of hydrogen-bond donors (Lipinski definition) is 4. The molecular formula is C34H62N4O4. The monoisotopic (exact) mass is 590 g/mol. The van der Waals surface area contributed by atoms with Crippen LogP contribution in [0.5, 0.6) is 5.75 Å². The lowest BCUT2D eigenvalue weighted by atomic mass is 9.51. The maximum absolute atomic E-state index is 11.3. The molecule has 1 aliphatic carbocycles. The number of nitrogens with one attached hydrogen (secondary N) is 1. The number of ether oxygens (including phenoxy) is 1. The highest BCUT2D eigenvalue weighted by Crippen LogP contribution is 2.64. The third kappa shape index (κ3) is 6.82. The summed E-state index contributed by atoms with van der Waals surface area (Å²) in [4.78, 5) is 15.5. The van der Waals surface area contributed by atoms with Crippen molar-refractivity contribution in [3.63, 3.8) is 0 Å². The first-order chi connectivity index (χ1) is 20.3. The van der Waals surface area contributed by atoms with Crippen LogP contribution in [0, 0.1) is 5.41 Å². The lowest BCUT2D eigenvalue weighted by Gasteiger charge is -2.60. The van der Waals surface area contributed by atoms with Crippen LogP contribution in [0.4, 0.5) is 5.69 Å². The number of aliphatic hydroxyl groups excluding tert-OH is 2. The average Bonchev–Trinajstić information content (AvgIpc) is 3.55. The summed E-state index contributed by atoms with van der Waals surface area (Å²) in [6, 6.07) is 6.41. The lowest BCUT2D eigenvalue weighted by Crippen LogP contribution is -2.73. The predicted molar refractivity (Wildman–Crippen MR) is 176 cm³/mol. The molecule has 8 heteroatoms. The molecule has 3 heterocycles. The summed E-state index contributed by atoms with van der Waals surface area (Å²) in [6.07, 6.45) is 7.10. The fourth-order valence-electron chi connectivity index (χ4n) is 7.46. The van der Waals surface area contributed by atoms with Gasteiger partial charge in [0.15, 0.2) is 0 Å². The fourth-order valence-corrected chi connectivity index (χ4v) is 7.46. The molecule has 8 nitrogen and oxygen atoms in total. The summed E-state index contributed by atoms with van der Waals surface area (Å²) >= 11 is 0. The van der Waals surface area contributed by atoms with Gasteiger partial charge in [0.25, 0.3) is 0 Å². The van der Waals surface area contributed by atoms with Crippen LogP contribution in [0.2, 0.25) is 0 Å². The zero-order valence-electron chi connectivity index (χ0n) is 28.2. The zero-order chi connectivity index (χ0) is 32.1. The molecule has 1 saturated carbocycles. The Kier molecular flexibility index (Phi) is 16.1. The number of carbonyl (C=O) groups is 1. The molecule has 42 heavy (non-hydrogen) atoms. The van der Waals surface area contributed by atoms with Gasteiger partial charge < -0.3 is 30.9 Å². The lowest BCUT2D eigenvalue weighted by molar-refractivity contribution is -0.139. The van der Waals surface area contributed by atoms with Gasteiger partial charge in [-0.1, -0.05) is 73.6 Å². The number of nitrogens with zero attached hydrogens (tertiary/aromatic N) is 2. The summed E-state index contributed by atoms with van der Waals surface area (Å²) in [5, 5.41) is 25.3. The maximum Gasteiger partial charge on any atom is 0.219 e.